The highest BCUT2D eigenvalue weighted by Crippen LogP contribution is 2.47. The Morgan fingerprint density at radius 2 is 1.79 bits per heavy atom. The number of alkyl halides is 5. The first-order valence-electron chi connectivity index (χ1n) is 4.94. The Morgan fingerprint density at radius 3 is 2.37 bits per heavy atom. The monoisotopic (exact) mass is 360 g/mol. The molecule has 0 saturated heterocycles. The van der Waals surface area contributed by atoms with E-state index in [0.29, 0.717) is 9.17 Å². The van der Waals surface area contributed by atoms with Crippen LogP contribution in [-0.2, 0) is 0 Å². The van der Waals surface area contributed by atoms with Gasteiger partial charge in [0.25, 0.3) is 0 Å². The maximum atomic E-state index is 13.1. The van der Waals surface area contributed by atoms with Gasteiger partial charge in [0.1, 0.15) is 0 Å². The number of benzene rings is 1. The predicted octanol–water partition coefficient (Wildman–Crippen LogP) is 4.89. The predicted molar refractivity (Wildman–Crippen MR) is 65.5 cm³/mol. The Balaban J connectivity index is 2.54. The van der Waals surface area contributed by atoms with Crippen molar-refractivity contribution in [3.8, 4) is 0 Å². The number of hydrogen-bond donors (Lipinski definition) is 1. The molecule has 104 valence electrons. The van der Waals surface area contributed by atoms with Gasteiger partial charge in [-0.3, -0.25) is 0 Å². The Bertz CT molecular complexity index is 607. The van der Waals surface area contributed by atoms with Crippen molar-refractivity contribution in [3.05, 3.63) is 33.6 Å². The molecule has 1 heterocycles. The quantitative estimate of drug-likeness (QED) is 0.755. The third-order valence-electron chi connectivity index (χ3n) is 2.60. The Hall–Kier alpha value is -0.730. The number of aliphatic hydroxyl groups is 1. The number of aliphatic hydroxyl groups excluding tert-OH is 1. The van der Waals surface area contributed by atoms with Crippen LogP contribution in [0.25, 0.3) is 10.1 Å². The van der Waals surface area contributed by atoms with Crippen molar-refractivity contribution in [2.45, 2.75) is 18.2 Å². The van der Waals surface area contributed by atoms with Gasteiger partial charge < -0.3 is 5.11 Å². The van der Waals surface area contributed by atoms with E-state index in [1.54, 1.807) is 6.07 Å². The molecule has 1 N–H and O–H groups in total. The molecule has 0 radical (unpaired) electrons. The van der Waals surface area contributed by atoms with Gasteiger partial charge in [0.15, 0.2) is 6.10 Å². The van der Waals surface area contributed by atoms with Gasteiger partial charge in [-0.15, -0.1) is 11.3 Å². The third kappa shape index (κ3) is 2.36. The standard InChI is InChI=1S/C11H6BrF5OS/c12-7-3-1-2-5-6(4-19-8(5)7)9(18)10(13,14)11(15,16)17/h1-4,9,18H. The minimum Gasteiger partial charge on any atom is -0.382 e. The van der Waals surface area contributed by atoms with Gasteiger partial charge in [-0.1, -0.05) is 12.1 Å². The molecular weight excluding hydrogens is 355 g/mol. The fraction of sp³-hybridized carbons (Fsp3) is 0.273. The summed E-state index contributed by atoms with van der Waals surface area (Å²) in [4.78, 5) is 0. The number of thiophene rings is 1. The van der Waals surface area contributed by atoms with Crippen LogP contribution in [0.3, 0.4) is 0 Å². The molecule has 0 aliphatic rings. The molecule has 1 aromatic heterocycles. The van der Waals surface area contributed by atoms with Gasteiger partial charge in [-0.05, 0) is 32.8 Å². The fourth-order valence-corrected chi connectivity index (χ4v) is 3.24. The summed E-state index contributed by atoms with van der Waals surface area (Å²) >= 11 is 4.16. The van der Waals surface area contributed by atoms with E-state index in [2.05, 4.69) is 15.9 Å². The van der Waals surface area contributed by atoms with Gasteiger partial charge in [-0.2, -0.15) is 22.0 Å². The molecule has 2 aromatic rings. The highest BCUT2D eigenvalue weighted by Gasteiger charge is 2.62. The lowest BCUT2D eigenvalue weighted by Crippen LogP contribution is -2.42. The molecule has 8 heteroatoms. The highest BCUT2D eigenvalue weighted by molar-refractivity contribution is 9.10. The first kappa shape index (κ1) is 14.7. The zero-order chi connectivity index (χ0) is 14.4. The van der Waals surface area contributed by atoms with Crippen molar-refractivity contribution < 1.29 is 27.1 Å². The summed E-state index contributed by atoms with van der Waals surface area (Å²) in [6, 6.07) is 4.53. The fourth-order valence-electron chi connectivity index (χ4n) is 1.60. The van der Waals surface area contributed by atoms with E-state index < -0.39 is 23.8 Å². The van der Waals surface area contributed by atoms with Crippen LogP contribution in [0.15, 0.2) is 28.1 Å². The second-order valence-corrected chi connectivity index (χ2v) is 5.56. The van der Waals surface area contributed by atoms with Crippen LogP contribution < -0.4 is 0 Å². The lowest BCUT2D eigenvalue weighted by atomic mass is 10.0. The molecule has 1 unspecified atom stereocenters. The second-order valence-electron chi connectivity index (χ2n) is 3.83. The second kappa shape index (κ2) is 4.68. The van der Waals surface area contributed by atoms with E-state index in [4.69, 9.17) is 0 Å². The van der Waals surface area contributed by atoms with Gasteiger partial charge in [0.2, 0.25) is 0 Å². The molecule has 0 amide bonds. The molecule has 0 saturated carbocycles. The van der Waals surface area contributed by atoms with E-state index in [-0.39, 0.29) is 5.39 Å². The van der Waals surface area contributed by atoms with Gasteiger partial charge in [0.05, 0.1) is 0 Å². The third-order valence-corrected chi connectivity index (χ3v) is 4.57. The van der Waals surface area contributed by atoms with Crippen molar-refractivity contribution in [1.82, 2.24) is 0 Å². The largest absolute Gasteiger partial charge is 0.456 e. The van der Waals surface area contributed by atoms with Crippen molar-refractivity contribution in [1.29, 1.82) is 0 Å². The number of halogens is 6. The average Bonchev–Trinajstić information content (AvgIpc) is 2.71. The highest BCUT2D eigenvalue weighted by atomic mass is 79.9. The zero-order valence-corrected chi connectivity index (χ0v) is 11.4. The lowest BCUT2D eigenvalue weighted by Gasteiger charge is -2.24. The zero-order valence-electron chi connectivity index (χ0n) is 9.01. The SMILES string of the molecule is OC(c1csc2c(Br)cccc12)C(F)(F)C(F)(F)F. The number of fused-ring (bicyclic) bond motifs is 1. The molecular formula is C11H6BrF5OS. The normalized spacial score (nSPS) is 14.9. The molecule has 1 nitrogen and oxygen atoms in total. The first-order chi connectivity index (χ1) is 8.66. The molecule has 0 bridgehead atoms. The number of rotatable bonds is 2. The van der Waals surface area contributed by atoms with Crippen LogP contribution in [0, 0.1) is 0 Å². The average molecular weight is 361 g/mol. The van der Waals surface area contributed by atoms with Crippen molar-refractivity contribution in [2.75, 3.05) is 0 Å². The van der Waals surface area contributed by atoms with Crippen molar-refractivity contribution >= 4 is 37.4 Å². The topological polar surface area (TPSA) is 20.2 Å². The number of hydrogen-bond acceptors (Lipinski definition) is 2. The minimum absolute atomic E-state index is 0.177. The Labute approximate surface area is 116 Å². The molecule has 0 aliphatic carbocycles. The van der Waals surface area contributed by atoms with Gasteiger partial charge >= 0.3 is 12.1 Å². The molecule has 19 heavy (non-hydrogen) atoms. The Morgan fingerprint density at radius 1 is 1.16 bits per heavy atom. The van der Waals surface area contributed by atoms with Crippen LogP contribution in [0.2, 0.25) is 0 Å². The van der Waals surface area contributed by atoms with E-state index in [1.165, 1.54) is 12.1 Å². The van der Waals surface area contributed by atoms with Crippen LogP contribution in [0.1, 0.15) is 11.7 Å². The van der Waals surface area contributed by atoms with Crippen LogP contribution in [-0.4, -0.2) is 17.2 Å². The molecule has 2 rings (SSSR count). The molecule has 0 aliphatic heterocycles. The summed E-state index contributed by atoms with van der Waals surface area (Å²) in [5.74, 6) is -5.19. The summed E-state index contributed by atoms with van der Waals surface area (Å²) in [5.41, 5.74) is -0.427. The maximum Gasteiger partial charge on any atom is 0.456 e. The van der Waals surface area contributed by atoms with Gasteiger partial charge in [-0.25, -0.2) is 0 Å². The summed E-state index contributed by atoms with van der Waals surface area (Å²) in [6.45, 7) is 0. The van der Waals surface area contributed by atoms with E-state index in [1.807, 2.05) is 0 Å². The minimum atomic E-state index is -5.80. The molecule has 0 spiro atoms. The van der Waals surface area contributed by atoms with Gasteiger partial charge in [0, 0.05) is 14.7 Å². The first-order valence-corrected chi connectivity index (χ1v) is 6.61. The van der Waals surface area contributed by atoms with E-state index in [0.717, 1.165) is 16.7 Å². The van der Waals surface area contributed by atoms with E-state index >= 15 is 0 Å². The summed E-state index contributed by atoms with van der Waals surface area (Å²) in [5, 5.41) is 10.7. The van der Waals surface area contributed by atoms with Crippen LogP contribution >= 0.6 is 27.3 Å². The van der Waals surface area contributed by atoms with Crippen LogP contribution in [0.5, 0.6) is 0 Å². The summed E-state index contributed by atoms with van der Waals surface area (Å²) in [6.07, 6.45) is -8.72. The molecule has 0 fully saturated rings. The summed E-state index contributed by atoms with van der Waals surface area (Å²) in [7, 11) is 0. The Kier molecular flexibility index (Phi) is 3.61. The lowest BCUT2D eigenvalue weighted by molar-refractivity contribution is -0.314. The summed E-state index contributed by atoms with van der Waals surface area (Å²) < 4.78 is 64.1. The molecule has 1 atom stereocenters. The maximum absolute atomic E-state index is 13.1. The van der Waals surface area contributed by atoms with Crippen LogP contribution in [0.4, 0.5) is 22.0 Å². The van der Waals surface area contributed by atoms with Crippen molar-refractivity contribution in [2.24, 2.45) is 0 Å². The van der Waals surface area contributed by atoms with E-state index in [9.17, 15) is 27.1 Å². The smallest absolute Gasteiger partial charge is 0.382 e. The molecule has 1 aromatic carbocycles. The van der Waals surface area contributed by atoms with Crippen molar-refractivity contribution in [3.63, 3.8) is 0 Å².